The Morgan fingerprint density at radius 1 is 1.00 bits per heavy atom. The lowest BCUT2D eigenvalue weighted by atomic mass is 10.2. The number of aromatic nitrogens is 1. The summed E-state index contributed by atoms with van der Waals surface area (Å²) in [5, 5.41) is 0.334. The zero-order valence-corrected chi connectivity index (χ0v) is 10.7. The van der Waals surface area contributed by atoms with E-state index < -0.39 is 24.3 Å². The maximum absolute atomic E-state index is 12.4. The monoisotopic (exact) mass is 329 g/mol. The molecule has 0 saturated heterocycles. The number of halogens is 7. The minimum atomic E-state index is -5.61. The predicted molar refractivity (Wildman–Crippen MR) is 63.3 cm³/mol. The second kappa shape index (κ2) is 5.25. The van der Waals surface area contributed by atoms with E-state index in [4.69, 9.17) is 11.6 Å². The normalized spacial score (nSPS) is 13.0. The molecule has 1 aromatic heterocycles. The zero-order chi connectivity index (χ0) is 15.8. The van der Waals surface area contributed by atoms with Crippen molar-refractivity contribution in [3.8, 4) is 5.88 Å². The Kier molecular flexibility index (Phi) is 3.92. The highest BCUT2D eigenvalue weighted by Gasteiger charge is 2.59. The van der Waals surface area contributed by atoms with E-state index in [0.29, 0.717) is 5.39 Å². The SMILES string of the molecule is FC(F)(F)C(Oc1cc(Cl)c2ccccc2n1)C(F)(F)F. The molecule has 0 amide bonds. The molecule has 9 heteroatoms. The number of benzene rings is 1. The van der Waals surface area contributed by atoms with Gasteiger partial charge in [-0.25, -0.2) is 4.98 Å². The third-order valence-corrected chi connectivity index (χ3v) is 2.79. The first-order chi connectivity index (χ1) is 9.59. The molecule has 0 aliphatic carbocycles. The Balaban J connectivity index is 2.42. The fourth-order valence-electron chi connectivity index (χ4n) is 1.61. The number of nitrogens with zero attached hydrogens (tertiary/aromatic N) is 1. The van der Waals surface area contributed by atoms with E-state index in [2.05, 4.69) is 9.72 Å². The average molecular weight is 330 g/mol. The molecule has 0 fully saturated rings. The standard InChI is InChI=1S/C12H6ClF6NO/c13-7-5-9(20-8-4-2-1-3-6(7)8)21-10(11(14,15)16)12(17,18)19/h1-5,10H. The summed E-state index contributed by atoms with van der Waals surface area (Å²) < 4.78 is 78.4. The van der Waals surface area contributed by atoms with Gasteiger partial charge < -0.3 is 4.74 Å². The van der Waals surface area contributed by atoms with Crippen LogP contribution < -0.4 is 4.74 Å². The molecule has 2 aromatic rings. The fraction of sp³-hybridized carbons (Fsp3) is 0.250. The van der Waals surface area contributed by atoms with Crippen LogP contribution in [0.15, 0.2) is 30.3 Å². The molecule has 0 aliphatic heterocycles. The summed E-state index contributed by atoms with van der Waals surface area (Å²) in [5.74, 6) is -0.849. The molecular formula is C12H6ClF6NO. The van der Waals surface area contributed by atoms with Gasteiger partial charge in [0.25, 0.3) is 6.10 Å². The van der Waals surface area contributed by atoms with Crippen LogP contribution in [0.4, 0.5) is 26.3 Å². The highest BCUT2D eigenvalue weighted by molar-refractivity contribution is 6.35. The molecule has 0 spiro atoms. The molecule has 0 unspecified atom stereocenters. The molecule has 1 heterocycles. The summed E-state index contributed by atoms with van der Waals surface area (Å²) in [6, 6.07) is 6.85. The minimum absolute atomic E-state index is 0.0568. The van der Waals surface area contributed by atoms with Crippen molar-refractivity contribution >= 4 is 22.5 Å². The zero-order valence-electron chi connectivity index (χ0n) is 9.97. The molecule has 2 nitrogen and oxygen atoms in total. The number of fused-ring (bicyclic) bond motifs is 1. The van der Waals surface area contributed by atoms with Gasteiger partial charge in [-0.15, -0.1) is 0 Å². The van der Waals surface area contributed by atoms with Crippen molar-refractivity contribution in [1.29, 1.82) is 0 Å². The van der Waals surface area contributed by atoms with E-state index in [1.54, 1.807) is 6.07 Å². The number of pyridine rings is 1. The molecule has 0 saturated carbocycles. The number of ether oxygens (including phenoxy) is 1. The Hall–Kier alpha value is -1.70. The van der Waals surface area contributed by atoms with E-state index in [-0.39, 0.29) is 10.5 Å². The Morgan fingerprint density at radius 2 is 1.57 bits per heavy atom. The number of rotatable bonds is 2. The number of hydrogen-bond donors (Lipinski definition) is 0. The first kappa shape index (κ1) is 15.7. The second-order valence-electron chi connectivity index (χ2n) is 4.04. The predicted octanol–water partition coefficient (Wildman–Crippen LogP) is 4.76. The van der Waals surface area contributed by atoms with Crippen molar-refractivity contribution in [2.75, 3.05) is 0 Å². The first-order valence-electron chi connectivity index (χ1n) is 5.44. The average Bonchev–Trinajstić information content (AvgIpc) is 2.33. The van der Waals surface area contributed by atoms with Crippen molar-refractivity contribution in [1.82, 2.24) is 4.98 Å². The van der Waals surface area contributed by atoms with Gasteiger partial charge in [0.15, 0.2) is 0 Å². The molecule has 1 aromatic carbocycles. The van der Waals surface area contributed by atoms with E-state index >= 15 is 0 Å². The van der Waals surface area contributed by atoms with Crippen molar-refractivity contribution in [2.24, 2.45) is 0 Å². The quantitative estimate of drug-likeness (QED) is 0.741. The molecule has 0 bridgehead atoms. The maximum Gasteiger partial charge on any atom is 0.434 e. The smallest absolute Gasteiger partial charge is 0.434 e. The fourth-order valence-corrected chi connectivity index (χ4v) is 1.86. The molecule has 0 radical (unpaired) electrons. The number of alkyl halides is 6. The van der Waals surface area contributed by atoms with Gasteiger partial charge in [-0.2, -0.15) is 26.3 Å². The van der Waals surface area contributed by atoms with Crippen molar-refractivity contribution < 1.29 is 31.1 Å². The molecule has 0 atom stereocenters. The van der Waals surface area contributed by atoms with Gasteiger partial charge in [-0.3, -0.25) is 0 Å². The lowest BCUT2D eigenvalue weighted by molar-refractivity contribution is -0.300. The van der Waals surface area contributed by atoms with E-state index in [1.807, 2.05) is 0 Å². The minimum Gasteiger partial charge on any atom is -0.455 e. The Morgan fingerprint density at radius 3 is 2.14 bits per heavy atom. The van der Waals surface area contributed by atoms with Crippen LogP contribution >= 0.6 is 11.6 Å². The highest BCUT2D eigenvalue weighted by atomic mass is 35.5. The third-order valence-electron chi connectivity index (χ3n) is 2.48. The molecule has 0 aliphatic rings. The summed E-state index contributed by atoms with van der Waals surface area (Å²) in [4.78, 5) is 3.60. The molecule has 0 N–H and O–H groups in total. The lowest BCUT2D eigenvalue weighted by Gasteiger charge is -2.23. The van der Waals surface area contributed by atoms with Gasteiger partial charge in [0.1, 0.15) is 0 Å². The van der Waals surface area contributed by atoms with Crippen LogP contribution in [0.3, 0.4) is 0 Å². The second-order valence-corrected chi connectivity index (χ2v) is 4.45. The third kappa shape index (κ3) is 3.49. The largest absolute Gasteiger partial charge is 0.455 e. The van der Waals surface area contributed by atoms with Gasteiger partial charge in [0.2, 0.25) is 5.88 Å². The summed E-state index contributed by atoms with van der Waals surface area (Å²) in [6.07, 6.45) is -15.2. The summed E-state index contributed by atoms with van der Waals surface area (Å²) in [7, 11) is 0. The van der Waals surface area contributed by atoms with Crippen LogP contribution in [0, 0.1) is 0 Å². The topological polar surface area (TPSA) is 22.1 Å². The van der Waals surface area contributed by atoms with E-state index in [0.717, 1.165) is 6.07 Å². The first-order valence-corrected chi connectivity index (χ1v) is 5.82. The maximum atomic E-state index is 12.4. The van der Waals surface area contributed by atoms with E-state index in [9.17, 15) is 26.3 Å². The van der Waals surface area contributed by atoms with Gasteiger partial charge in [-0.05, 0) is 6.07 Å². The number of para-hydroxylation sites is 1. The summed E-state index contributed by atoms with van der Waals surface area (Å²) in [6.45, 7) is 0. The highest BCUT2D eigenvalue weighted by Crippen LogP contribution is 2.37. The number of hydrogen-bond acceptors (Lipinski definition) is 2. The van der Waals surface area contributed by atoms with Gasteiger partial charge in [0.05, 0.1) is 10.5 Å². The van der Waals surface area contributed by atoms with Crippen LogP contribution in [0.2, 0.25) is 5.02 Å². The van der Waals surface area contributed by atoms with Crippen molar-refractivity contribution in [3.05, 3.63) is 35.4 Å². The lowest BCUT2D eigenvalue weighted by Crippen LogP contribution is -2.46. The van der Waals surface area contributed by atoms with Crippen LogP contribution in [0.25, 0.3) is 10.9 Å². The molecular weight excluding hydrogens is 324 g/mol. The van der Waals surface area contributed by atoms with Crippen LogP contribution in [0.5, 0.6) is 5.88 Å². The van der Waals surface area contributed by atoms with E-state index in [1.165, 1.54) is 18.2 Å². The molecule has 114 valence electrons. The summed E-state index contributed by atoms with van der Waals surface area (Å²) in [5.41, 5.74) is 0.128. The van der Waals surface area contributed by atoms with Gasteiger partial charge >= 0.3 is 12.4 Å². The van der Waals surface area contributed by atoms with Gasteiger partial charge in [-0.1, -0.05) is 29.8 Å². The molecule has 2 rings (SSSR count). The van der Waals surface area contributed by atoms with Crippen molar-refractivity contribution in [3.63, 3.8) is 0 Å². The molecule has 21 heavy (non-hydrogen) atoms. The van der Waals surface area contributed by atoms with Crippen molar-refractivity contribution in [2.45, 2.75) is 18.5 Å². The van der Waals surface area contributed by atoms with Crippen LogP contribution in [-0.4, -0.2) is 23.4 Å². The van der Waals surface area contributed by atoms with Crippen LogP contribution in [-0.2, 0) is 0 Å². The summed E-state index contributed by atoms with van der Waals surface area (Å²) >= 11 is 5.79. The Bertz CT molecular complexity index is 640. The Labute approximate surface area is 119 Å². The van der Waals surface area contributed by atoms with Gasteiger partial charge in [0, 0.05) is 11.5 Å². The van der Waals surface area contributed by atoms with Crippen LogP contribution in [0.1, 0.15) is 0 Å².